The summed E-state index contributed by atoms with van der Waals surface area (Å²) in [6, 6.07) is 12.3. The first-order chi connectivity index (χ1) is 9.63. The van der Waals surface area contributed by atoms with E-state index in [0.29, 0.717) is 27.8 Å². The second-order valence-corrected chi connectivity index (χ2v) is 4.52. The second kappa shape index (κ2) is 6.18. The van der Waals surface area contributed by atoms with Crippen molar-refractivity contribution in [2.24, 2.45) is 0 Å². The molecule has 0 unspecified atom stereocenters. The van der Waals surface area contributed by atoms with Crippen LogP contribution in [0.1, 0.15) is 11.1 Å². The molecule has 0 amide bonds. The minimum Gasteiger partial charge on any atom is -0.493 e. The number of anilines is 1. The molecule has 0 aliphatic rings. The number of nitriles is 1. The minimum absolute atomic E-state index is 0.283. The summed E-state index contributed by atoms with van der Waals surface area (Å²) in [6.07, 6.45) is 0. The number of hydrogen-bond donors (Lipinski definition) is 1. The van der Waals surface area contributed by atoms with Gasteiger partial charge in [-0.15, -0.1) is 0 Å². The Labute approximate surface area is 122 Å². The lowest BCUT2D eigenvalue weighted by Gasteiger charge is -2.12. The van der Waals surface area contributed by atoms with Crippen molar-refractivity contribution in [2.45, 2.75) is 6.61 Å². The Morgan fingerprint density at radius 2 is 2.00 bits per heavy atom. The molecule has 0 saturated carbocycles. The predicted octanol–water partition coefficient (Wildman–Crippen LogP) is 3.38. The van der Waals surface area contributed by atoms with Gasteiger partial charge in [0, 0.05) is 22.3 Å². The maximum atomic E-state index is 8.79. The summed E-state index contributed by atoms with van der Waals surface area (Å²) >= 11 is 6.09. The van der Waals surface area contributed by atoms with Crippen LogP contribution in [0.4, 0.5) is 5.69 Å². The lowest BCUT2D eigenvalue weighted by atomic mass is 10.1. The fourth-order valence-electron chi connectivity index (χ4n) is 1.69. The second-order valence-electron chi connectivity index (χ2n) is 4.12. The summed E-state index contributed by atoms with van der Waals surface area (Å²) in [5, 5.41) is 9.29. The molecule has 0 atom stereocenters. The first-order valence-electron chi connectivity index (χ1n) is 5.89. The van der Waals surface area contributed by atoms with Gasteiger partial charge in [0.15, 0.2) is 11.5 Å². The standard InChI is InChI=1S/C15H13ClN2O2/c1-19-15-7-12(18)4-5-14(15)20-9-11-3-2-10(8-17)6-13(11)16/h2-7H,9,18H2,1H3. The van der Waals surface area contributed by atoms with Gasteiger partial charge in [0.1, 0.15) is 6.61 Å². The van der Waals surface area contributed by atoms with Crippen molar-refractivity contribution < 1.29 is 9.47 Å². The zero-order chi connectivity index (χ0) is 14.5. The van der Waals surface area contributed by atoms with Crippen LogP contribution in [0.15, 0.2) is 36.4 Å². The van der Waals surface area contributed by atoms with Crippen LogP contribution in [-0.4, -0.2) is 7.11 Å². The Bertz CT molecular complexity index is 665. The summed E-state index contributed by atoms with van der Waals surface area (Å²) in [7, 11) is 1.55. The van der Waals surface area contributed by atoms with Crippen molar-refractivity contribution in [1.29, 1.82) is 5.26 Å². The highest BCUT2D eigenvalue weighted by molar-refractivity contribution is 6.31. The third kappa shape index (κ3) is 3.14. The molecule has 0 saturated heterocycles. The van der Waals surface area contributed by atoms with E-state index in [9.17, 15) is 0 Å². The molecule has 4 nitrogen and oxygen atoms in total. The Morgan fingerprint density at radius 1 is 1.20 bits per heavy atom. The number of ether oxygens (including phenoxy) is 2. The van der Waals surface area contributed by atoms with Gasteiger partial charge < -0.3 is 15.2 Å². The van der Waals surface area contributed by atoms with Crippen molar-refractivity contribution in [3.63, 3.8) is 0 Å². The van der Waals surface area contributed by atoms with Gasteiger partial charge in [-0.3, -0.25) is 0 Å². The number of nitrogens with two attached hydrogens (primary N) is 1. The van der Waals surface area contributed by atoms with E-state index in [1.165, 1.54) is 0 Å². The maximum Gasteiger partial charge on any atom is 0.162 e. The first-order valence-corrected chi connectivity index (χ1v) is 6.26. The molecule has 2 N–H and O–H groups in total. The number of hydrogen-bond acceptors (Lipinski definition) is 4. The van der Waals surface area contributed by atoms with Crippen LogP contribution in [0.2, 0.25) is 5.02 Å². The minimum atomic E-state index is 0.283. The van der Waals surface area contributed by atoms with Crippen molar-refractivity contribution in [3.05, 3.63) is 52.5 Å². The average Bonchev–Trinajstić information content (AvgIpc) is 2.46. The van der Waals surface area contributed by atoms with Gasteiger partial charge in [-0.05, 0) is 24.3 Å². The largest absolute Gasteiger partial charge is 0.493 e. The van der Waals surface area contributed by atoms with E-state index in [0.717, 1.165) is 5.56 Å². The smallest absolute Gasteiger partial charge is 0.162 e. The molecule has 0 aromatic heterocycles. The normalized spacial score (nSPS) is 9.85. The molecule has 0 aliphatic carbocycles. The lowest BCUT2D eigenvalue weighted by Crippen LogP contribution is -1.99. The summed E-state index contributed by atoms with van der Waals surface area (Å²) in [6.45, 7) is 0.283. The average molecular weight is 289 g/mol. The Hall–Kier alpha value is -2.38. The highest BCUT2D eigenvalue weighted by Crippen LogP contribution is 2.30. The van der Waals surface area contributed by atoms with Crippen molar-refractivity contribution in [1.82, 2.24) is 0 Å². The van der Waals surface area contributed by atoms with Crippen LogP contribution in [0, 0.1) is 11.3 Å². The van der Waals surface area contributed by atoms with Gasteiger partial charge in [0.2, 0.25) is 0 Å². The van der Waals surface area contributed by atoms with Gasteiger partial charge in [0.25, 0.3) is 0 Å². The van der Waals surface area contributed by atoms with Crippen LogP contribution in [-0.2, 0) is 6.61 Å². The molecule has 0 spiro atoms. The monoisotopic (exact) mass is 288 g/mol. The third-order valence-corrected chi connectivity index (χ3v) is 3.10. The number of rotatable bonds is 4. The zero-order valence-corrected chi connectivity index (χ0v) is 11.6. The van der Waals surface area contributed by atoms with Crippen LogP contribution in [0.25, 0.3) is 0 Å². The summed E-state index contributed by atoms with van der Waals surface area (Å²) in [4.78, 5) is 0. The molecule has 0 fully saturated rings. The molecule has 20 heavy (non-hydrogen) atoms. The summed E-state index contributed by atoms with van der Waals surface area (Å²) in [5.74, 6) is 1.15. The molecular weight excluding hydrogens is 276 g/mol. The molecule has 0 radical (unpaired) electrons. The summed E-state index contributed by atoms with van der Waals surface area (Å²) in [5.41, 5.74) is 7.59. The van der Waals surface area contributed by atoms with Gasteiger partial charge in [0.05, 0.1) is 18.7 Å². The van der Waals surface area contributed by atoms with Crippen molar-refractivity contribution in [3.8, 4) is 17.6 Å². The highest BCUT2D eigenvalue weighted by Gasteiger charge is 2.07. The molecule has 0 aliphatic heterocycles. The molecule has 5 heteroatoms. The Morgan fingerprint density at radius 3 is 2.65 bits per heavy atom. The van der Waals surface area contributed by atoms with Crippen LogP contribution < -0.4 is 15.2 Å². The van der Waals surface area contributed by atoms with E-state index in [2.05, 4.69) is 0 Å². The molecule has 0 bridgehead atoms. The molecule has 2 aromatic rings. The van der Waals surface area contributed by atoms with Gasteiger partial charge >= 0.3 is 0 Å². The Balaban J connectivity index is 2.15. The SMILES string of the molecule is COc1cc(N)ccc1OCc1ccc(C#N)cc1Cl. The molecule has 2 aromatic carbocycles. The van der Waals surface area contributed by atoms with Gasteiger partial charge in [-0.2, -0.15) is 5.26 Å². The summed E-state index contributed by atoms with van der Waals surface area (Å²) < 4.78 is 10.9. The lowest BCUT2D eigenvalue weighted by molar-refractivity contribution is 0.284. The fourth-order valence-corrected chi connectivity index (χ4v) is 1.93. The fraction of sp³-hybridized carbons (Fsp3) is 0.133. The molecule has 0 heterocycles. The van der Waals surface area contributed by atoms with E-state index in [-0.39, 0.29) is 6.61 Å². The van der Waals surface area contributed by atoms with E-state index < -0.39 is 0 Å². The predicted molar refractivity (Wildman–Crippen MR) is 77.9 cm³/mol. The molecule has 2 rings (SSSR count). The van der Waals surface area contributed by atoms with Crippen LogP contribution in [0.5, 0.6) is 11.5 Å². The first kappa shape index (κ1) is 14.0. The van der Waals surface area contributed by atoms with Crippen molar-refractivity contribution in [2.75, 3.05) is 12.8 Å². The number of nitrogens with zero attached hydrogens (tertiary/aromatic N) is 1. The van der Waals surface area contributed by atoms with E-state index in [1.54, 1.807) is 43.5 Å². The zero-order valence-electron chi connectivity index (χ0n) is 10.9. The third-order valence-electron chi connectivity index (χ3n) is 2.75. The molecule has 102 valence electrons. The van der Waals surface area contributed by atoms with Gasteiger partial charge in [-0.1, -0.05) is 17.7 Å². The topological polar surface area (TPSA) is 68.3 Å². The highest BCUT2D eigenvalue weighted by atomic mass is 35.5. The number of benzene rings is 2. The number of halogens is 1. The van der Waals surface area contributed by atoms with Crippen LogP contribution >= 0.6 is 11.6 Å². The van der Waals surface area contributed by atoms with Crippen molar-refractivity contribution >= 4 is 17.3 Å². The van der Waals surface area contributed by atoms with Gasteiger partial charge in [-0.25, -0.2) is 0 Å². The van der Waals surface area contributed by atoms with E-state index in [4.69, 9.17) is 32.1 Å². The number of methoxy groups -OCH3 is 1. The Kier molecular flexibility index (Phi) is 4.34. The van der Waals surface area contributed by atoms with E-state index in [1.807, 2.05) is 6.07 Å². The van der Waals surface area contributed by atoms with E-state index >= 15 is 0 Å². The molecular formula is C15H13ClN2O2. The number of nitrogen functional groups attached to an aromatic ring is 1. The maximum absolute atomic E-state index is 8.79. The quantitative estimate of drug-likeness (QED) is 0.876. The van der Waals surface area contributed by atoms with Crippen LogP contribution in [0.3, 0.4) is 0 Å².